The Morgan fingerprint density at radius 2 is 2.09 bits per heavy atom. The van der Waals surface area contributed by atoms with Crippen LogP contribution >= 0.6 is 0 Å². The van der Waals surface area contributed by atoms with Gasteiger partial charge in [0.1, 0.15) is 23.8 Å². The minimum absolute atomic E-state index is 0.166. The topological polar surface area (TPSA) is 86.0 Å². The van der Waals surface area contributed by atoms with E-state index in [0.29, 0.717) is 18.0 Å². The minimum Gasteiger partial charge on any atom is -0.508 e. The van der Waals surface area contributed by atoms with Crippen LogP contribution in [-0.4, -0.2) is 30.1 Å². The maximum atomic E-state index is 9.37. The molecule has 3 rings (SSSR count). The molecule has 22 heavy (non-hydrogen) atoms. The Hall–Kier alpha value is -2.96. The molecule has 2 aromatic heterocycles. The number of ether oxygens (including phenoxy) is 1. The molecule has 0 atom stereocenters. The molecular formula is C15H15N5O2. The van der Waals surface area contributed by atoms with E-state index in [1.165, 1.54) is 0 Å². The van der Waals surface area contributed by atoms with Gasteiger partial charge < -0.3 is 9.84 Å². The Labute approximate surface area is 127 Å². The van der Waals surface area contributed by atoms with Gasteiger partial charge in [-0.25, -0.2) is 4.68 Å². The highest BCUT2D eigenvalue weighted by Crippen LogP contribution is 2.18. The zero-order valence-corrected chi connectivity index (χ0v) is 12.0. The van der Waals surface area contributed by atoms with E-state index in [1.54, 1.807) is 47.5 Å². The predicted molar refractivity (Wildman–Crippen MR) is 78.3 cm³/mol. The molecule has 0 saturated carbocycles. The van der Waals surface area contributed by atoms with E-state index in [2.05, 4.69) is 20.3 Å². The summed E-state index contributed by atoms with van der Waals surface area (Å²) in [6, 6.07) is 6.63. The number of aromatic nitrogens is 5. The van der Waals surface area contributed by atoms with Crippen LogP contribution in [0.3, 0.4) is 0 Å². The number of phenolic OH excluding ortho intramolecular Hbond substituents is 1. The van der Waals surface area contributed by atoms with E-state index >= 15 is 0 Å². The number of benzene rings is 1. The van der Waals surface area contributed by atoms with Crippen molar-refractivity contribution in [2.24, 2.45) is 0 Å². The highest BCUT2D eigenvalue weighted by Gasteiger charge is 2.04. The van der Waals surface area contributed by atoms with Crippen molar-refractivity contribution >= 4 is 0 Å². The van der Waals surface area contributed by atoms with Gasteiger partial charge in [-0.3, -0.25) is 9.97 Å². The first-order valence-electron chi connectivity index (χ1n) is 6.77. The zero-order valence-electron chi connectivity index (χ0n) is 12.0. The standard InChI is InChI=1S/C15H15N5O2/c1-11-6-17-12(7-16-11)8-20-9-13(18-19-20)10-22-15-4-2-3-14(21)5-15/h2-7,9,21H,8,10H2,1H3. The summed E-state index contributed by atoms with van der Waals surface area (Å²) in [6.45, 7) is 2.68. The second kappa shape index (κ2) is 6.21. The van der Waals surface area contributed by atoms with Crippen LogP contribution in [0.1, 0.15) is 17.1 Å². The minimum atomic E-state index is 0.166. The summed E-state index contributed by atoms with van der Waals surface area (Å²) >= 11 is 0. The molecule has 112 valence electrons. The number of aromatic hydroxyl groups is 1. The Kier molecular flexibility index (Phi) is 3.95. The summed E-state index contributed by atoms with van der Waals surface area (Å²) in [6.07, 6.45) is 5.24. The fourth-order valence-corrected chi connectivity index (χ4v) is 1.88. The Morgan fingerprint density at radius 1 is 1.18 bits per heavy atom. The molecule has 1 N–H and O–H groups in total. The summed E-state index contributed by atoms with van der Waals surface area (Å²) in [7, 11) is 0. The normalized spacial score (nSPS) is 10.6. The smallest absolute Gasteiger partial charge is 0.134 e. The van der Waals surface area contributed by atoms with Gasteiger partial charge in [-0.1, -0.05) is 11.3 Å². The molecular weight excluding hydrogens is 282 g/mol. The number of phenols is 1. The van der Waals surface area contributed by atoms with Crippen molar-refractivity contribution in [2.75, 3.05) is 0 Å². The third-order valence-electron chi connectivity index (χ3n) is 2.95. The second-order valence-corrected chi connectivity index (χ2v) is 4.84. The number of nitrogens with zero attached hydrogens (tertiary/aromatic N) is 5. The lowest BCUT2D eigenvalue weighted by atomic mass is 10.3. The summed E-state index contributed by atoms with van der Waals surface area (Å²) in [4.78, 5) is 8.47. The third kappa shape index (κ3) is 3.57. The van der Waals surface area contributed by atoms with Gasteiger partial charge in [0, 0.05) is 12.3 Å². The van der Waals surface area contributed by atoms with Crippen LogP contribution in [0.4, 0.5) is 0 Å². The van der Waals surface area contributed by atoms with Crippen molar-refractivity contribution < 1.29 is 9.84 Å². The molecule has 0 fully saturated rings. The van der Waals surface area contributed by atoms with Gasteiger partial charge in [0.2, 0.25) is 0 Å². The molecule has 1 aromatic carbocycles. The number of rotatable bonds is 5. The quantitative estimate of drug-likeness (QED) is 0.771. The SMILES string of the molecule is Cc1cnc(Cn2cc(COc3cccc(O)c3)nn2)cn1. The monoisotopic (exact) mass is 297 g/mol. The van der Waals surface area contributed by atoms with E-state index < -0.39 is 0 Å². The molecule has 0 unspecified atom stereocenters. The summed E-state index contributed by atoms with van der Waals surface area (Å²) in [5.74, 6) is 0.748. The van der Waals surface area contributed by atoms with Gasteiger partial charge in [0.05, 0.1) is 30.3 Å². The van der Waals surface area contributed by atoms with Crippen molar-refractivity contribution in [1.29, 1.82) is 0 Å². The molecule has 3 aromatic rings. The first kappa shape index (κ1) is 14.0. The third-order valence-corrected chi connectivity index (χ3v) is 2.95. The molecule has 0 aliphatic carbocycles. The zero-order chi connectivity index (χ0) is 15.4. The van der Waals surface area contributed by atoms with Gasteiger partial charge in [-0.15, -0.1) is 5.10 Å². The van der Waals surface area contributed by atoms with Crippen molar-refractivity contribution in [2.45, 2.75) is 20.1 Å². The summed E-state index contributed by atoms with van der Waals surface area (Å²) < 4.78 is 7.23. The van der Waals surface area contributed by atoms with Crippen LogP contribution in [0.2, 0.25) is 0 Å². The summed E-state index contributed by atoms with van der Waals surface area (Å²) in [5, 5.41) is 17.5. The second-order valence-electron chi connectivity index (χ2n) is 4.84. The average Bonchev–Trinajstić information content (AvgIpc) is 2.95. The van der Waals surface area contributed by atoms with Gasteiger partial charge in [0.15, 0.2) is 0 Å². The number of hydrogen-bond acceptors (Lipinski definition) is 6. The van der Waals surface area contributed by atoms with Crippen LogP contribution in [-0.2, 0) is 13.2 Å². The van der Waals surface area contributed by atoms with Gasteiger partial charge in [-0.05, 0) is 19.1 Å². The molecule has 0 saturated heterocycles. The molecule has 0 aliphatic heterocycles. The lowest BCUT2D eigenvalue weighted by Gasteiger charge is -2.03. The summed E-state index contributed by atoms with van der Waals surface area (Å²) in [5.41, 5.74) is 2.39. The first-order valence-corrected chi connectivity index (χ1v) is 6.77. The predicted octanol–water partition coefficient (Wildman–Crippen LogP) is 1.71. The van der Waals surface area contributed by atoms with Crippen LogP contribution < -0.4 is 4.74 Å². The number of hydrogen-bond donors (Lipinski definition) is 1. The fourth-order valence-electron chi connectivity index (χ4n) is 1.88. The van der Waals surface area contributed by atoms with Gasteiger partial charge in [0.25, 0.3) is 0 Å². The molecule has 2 heterocycles. The highest BCUT2D eigenvalue weighted by molar-refractivity contribution is 5.31. The maximum Gasteiger partial charge on any atom is 0.134 e. The van der Waals surface area contributed by atoms with Crippen LogP contribution in [0.25, 0.3) is 0 Å². The fraction of sp³-hybridized carbons (Fsp3) is 0.200. The van der Waals surface area contributed by atoms with Crippen molar-refractivity contribution in [1.82, 2.24) is 25.0 Å². The largest absolute Gasteiger partial charge is 0.508 e. The molecule has 0 amide bonds. The lowest BCUT2D eigenvalue weighted by Crippen LogP contribution is -2.03. The van der Waals surface area contributed by atoms with Crippen LogP contribution in [0, 0.1) is 6.92 Å². The number of aryl methyl sites for hydroxylation is 1. The van der Waals surface area contributed by atoms with E-state index in [9.17, 15) is 5.11 Å². The van der Waals surface area contributed by atoms with Crippen molar-refractivity contribution in [3.05, 3.63) is 59.9 Å². The Morgan fingerprint density at radius 3 is 2.86 bits per heavy atom. The maximum absolute atomic E-state index is 9.37. The van der Waals surface area contributed by atoms with E-state index in [-0.39, 0.29) is 12.4 Å². The average molecular weight is 297 g/mol. The van der Waals surface area contributed by atoms with Gasteiger partial charge in [-0.2, -0.15) is 0 Å². The molecule has 7 nitrogen and oxygen atoms in total. The van der Waals surface area contributed by atoms with Gasteiger partial charge >= 0.3 is 0 Å². The molecule has 0 spiro atoms. The molecule has 7 heteroatoms. The Balaban J connectivity index is 1.60. The lowest BCUT2D eigenvalue weighted by molar-refractivity contribution is 0.299. The van der Waals surface area contributed by atoms with Crippen molar-refractivity contribution in [3.63, 3.8) is 0 Å². The molecule has 0 aliphatic rings. The highest BCUT2D eigenvalue weighted by atomic mass is 16.5. The van der Waals surface area contributed by atoms with E-state index in [1.807, 2.05) is 6.92 Å². The van der Waals surface area contributed by atoms with E-state index in [4.69, 9.17) is 4.74 Å². The van der Waals surface area contributed by atoms with Crippen LogP contribution in [0.5, 0.6) is 11.5 Å². The molecule has 0 bridgehead atoms. The first-order chi connectivity index (χ1) is 10.7. The molecule has 0 radical (unpaired) electrons. The van der Waals surface area contributed by atoms with E-state index in [0.717, 1.165) is 11.4 Å². The van der Waals surface area contributed by atoms with Crippen LogP contribution in [0.15, 0.2) is 42.9 Å². The van der Waals surface area contributed by atoms with Crippen molar-refractivity contribution in [3.8, 4) is 11.5 Å². The Bertz CT molecular complexity index is 755.